The van der Waals surface area contributed by atoms with Crippen LogP contribution < -0.4 is 5.32 Å². The van der Waals surface area contributed by atoms with Crippen LogP contribution in [0.25, 0.3) is 5.69 Å². The zero-order chi connectivity index (χ0) is 18.1. The molecule has 3 aromatic rings. The first-order valence-corrected chi connectivity index (χ1v) is 8.59. The molecule has 1 aliphatic rings. The molecule has 0 bridgehead atoms. The average Bonchev–Trinajstić information content (AvgIpc) is 3.12. The van der Waals surface area contributed by atoms with Crippen molar-refractivity contribution in [2.75, 3.05) is 18.9 Å². The van der Waals surface area contributed by atoms with Crippen LogP contribution in [0, 0.1) is 6.92 Å². The summed E-state index contributed by atoms with van der Waals surface area (Å²) in [4.78, 5) is 14.7. The number of hydrogen-bond donors (Lipinski definition) is 1. The molecule has 0 aliphatic carbocycles. The Morgan fingerprint density at radius 1 is 1.15 bits per heavy atom. The Hall–Kier alpha value is -3.22. The molecule has 7 heteroatoms. The van der Waals surface area contributed by atoms with Crippen molar-refractivity contribution in [3.05, 3.63) is 65.1 Å². The summed E-state index contributed by atoms with van der Waals surface area (Å²) in [5.74, 6) is 0.749. The second-order valence-corrected chi connectivity index (χ2v) is 6.36. The lowest BCUT2D eigenvalue weighted by atomic mass is 10.0. The predicted octanol–water partition coefficient (Wildman–Crippen LogP) is 2.21. The third-order valence-corrected chi connectivity index (χ3v) is 4.67. The number of nitrogens with one attached hydrogen (secondary N) is 1. The molecule has 0 saturated heterocycles. The van der Waals surface area contributed by atoms with Crippen molar-refractivity contribution in [2.24, 2.45) is 0 Å². The van der Waals surface area contributed by atoms with Crippen LogP contribution in [0.2, 0.25) is 0 Å². The molecule has 0 radical (unpaired) electrons. The molecule has 0 unspecified atom stereocenters. The maximum absolute atomic E-state index is 12.9. The van der Waals surface area contributed by atoms with Crippen LogP contribution in [-0.2, 0) is 13.0 Å². The number of carbonyl (C=O) groups excluding carboxylic acids is 1. The number of benzene rings is 1. The maximum Gasteiger partial charge on any atom is 0.254 e. The van der Waals surface area contributed by atoms with E-state index in [2.05, 4.69) is 20.6 Å². The smallest absolute Gasteiger partial charge is 0.254 e. The van der Waals surface area contributed by atoms with Crippen molar-refractivity contribution in [1.29, 1.82) is 0 Å². The van der Waals surface area contributed by atoms with Crippen molar-refractivity contribution in [3.8, 4) is 5.69 Å². The number of aryl methyl sites for hydroxylation is 1. The summed E-state index contributed by atoms with van der Waals surface area (Å²) in [6.45, 7) is 3.21. The Morgan fingerprint density at radius 3 is 2.65 bits per heavy atom. The first-order valence-electron chi connectivity index (χ1n) is 8.59. The van der Waals surface area contributed by atoms with Crippen LogP contribution in [-0.4, -0.2) is 44.4 Å². The minimum Gasteiger partial charge on any atom is -0.372 e. The molecule has 0 atom stereocenters. The number of anilines is 1. The van der Waals surface area contributed by atoms with Crippen molar-refractivity contribution in [1.82, 2.24) is 24.9 Å². The van der Waals surface area contributed by atoms with E-state index in [1.54, 1.807) is 6.20 Å². The van der Waals surface area contributed by atoms with E-state index in [9.17, 15) is 4.79 Å². The van der Waals surface area contributed by atoms with E-state index < -0.39 is 0 Å². The van der Waals surface area contributed by atoms with Gasteiger partial charge in [0, 0.05) is 44.0 Å². The van der Waals surface area contributed by atoms with Crippen LogP contribution >= 0.6 is 0 Å². The highest BCUT2D eigenvalue weighted by molar-refractivity contribution is 5.94. The number of fused-ring (bicyclic) bond motifs is 1. The molecular weight excluding hydrogens is 328 g/mol. The van der Waals surface area contributed by atoms with Gasteiger partial charge < -0.3 is 10.2 Å². The molecule has 1 N–H and O–H groups in total. The lowest BCUT2D eigenvalue weighted by Gasteiger charge is -2.28. The van der Waals surface area contributed by atoms with Crippen molar-refractivity contribution in [3.63, 3.8) is 0 Å². The highest BCUT2D eigenvalue weighted by Crippen LogP contribution is 2.21. The van der Waals surface area contributed by atoms with Crippen LogP contribution in [0.3, 0.4) is 0 Å². The van der Waals surface area contributed by atoms with Crippen LogP contribution in [0.4, 0.5) is 5.82 Å². The molecule has 1 aliphatic heterocycles. The standard InChI is InChI=1S/C19H20N6O/c1-13-7-9-21-25(13)16-5-3-14(4-6-16)19(26)24-10-8-17-15(12-24)11-18(20-2)23-22-17/h3-7,9,11H,8,10,12H2,1-2H3,(H,20,23). The quantitative estimate of drug-likeness (QED) is 0.785. The Kier molecular flexibility index (Phi) is 4.12. The lowest BCUT2D eigenvalue weighted by molar-refractivity contribution is 0.0733. The molecular formula is C19H20N6O. The number of aromatic nitrogens is 4. The molecule has 0 spiro atoms. The fraction of sp³-hybridized carbons (Fsp3) is 0.263. The normalized spacial score (nSPS) is 13.4. The fourth-order valence-corrected chi connectivity index (χ4v) is 3.19. The molecule has 0 fully saturated rings. The van der Waals surface area contributed by atoms with Gasteiger partial charge in [-0.1, -0.05) is 0 Å². The Labute approximate surface area is 151 Å². The van der Waals surface area contributed by atoms with Gasteiger partial charge in [0.25, 0.3) is 5.91 Å². The van der Waals surface area contributed by atoms with Gasteiger partial charge in [-0.25, -0.2) is 4.68 Å². The Morgan fingerprint density at radius 2 is 1.96 bits per heavy atom. The minimum atomic E-state index is 0.0298. The van der Waals surface area contributed by atoms with Gasteiger partial charge in [0.15, 0.2) is 0 Å². The summed E-state index contributed by atoms with van der Waals surface area (Å²) in [6.07, 6.45) is 2.49. The Bertz CT molecular complexity index is 947. The topological polar surface area (TPSA) is 75.9 Å². The second kappa shape index (κ2) is 6.59. The van der Waals surface area contributed by atoms with Gasteiger partial charge >= 0.3 is 0 Å². The molecule has 7 nitrogen and oxygen atoms in total. The predicted molar refractivity (Wildman–Crippen MR) is 98.3 cm³/mol. The third kappa shape index (κ3) is 2.92. The van der Waals surface area contributed by atoms with Crippen LogP contribution in [0.15, 0.2) is 42.6 Å². The molecule has 4 rings (SSSR count). The average molecular weight is 348 g/mol. The zero-order valence-electron chi connectivity index (χ0n) is 14.8. The first-order chi connectivity index (χ1) is 12.7. The highest BCUT2D eigenvalue weighted by Gasteiger charge is 2.23. The number of amides is 1. The summed E-state index contributed by atoms with van der Waals surface area (Å²) in [5.41, 5.74) is 4.70. The number of carbonyl (C=O) groups is 1. The van der Waals surface area contributed by atoms with Crippen molar-refractivity contribution >= 4 is 11.7 Å². The van der Waals surface area contributed by atoms with E-state index in [0.29, 0.717) is 18.7 Å². The van der Waals surface area contributed by atoms with E-state index in [1.807, 2.05) is 60.0 Å². The van der Waals surface area contributed by atoms with E-state index in [0.717, 1.165) is 34.9 Å². The van der Waals surface area contributed by atoms with Crippen LogP contribution in [0.5, 0.6) is 0 Å². The summed E-state index contributed by atoms with van der Waals surface area (Å²) in [6, 6.07) is 11.5. The van der Waals surface area contributed by atoms with Crippen molar-refractivity contribution in [2.45, 2.75) is 19.9 Å². The van der Waals surface area contributed by atoms with Crippen LogP contribution in [0.1, 0.15) is 27.3 Å². The molecule has 2 aromatic heterocycles. The molecule has 1 amide bonds. The van der Waals surface area contributed by atoms with Crippen molar-refractivity contribution < 1.29 is 4.79 Å². The minimum absolute atomic E-state index is 0.0298. The Balaban J connectivity index is 1.53. The third-order valence-electron chi connectivity index (χ3n) is 4.67. The van der Waals surface area contributed by atoms with Gasteiger partial charge in [-0.15, -0.1) is 5.10 Å². The van der Waals surface area contributed by atoms with Gasteiger partial charge in [0.05, 0.1) is 11.4 Å². The lowest BCUT2D eigenvalue weighted by Crippen LogP contribution is -2.36. The summed E-state index contributed by atoms with van der Waals surface area (Å²) in [5, 5.41) is 15.6. The summed E-state index contributed by atoms with van der Waals surface area (Å²) >= 11 is 0. The summed E-state index contributed by atoms with van der Waals surface area (Å²) in [7, 11) is 1.81. The first kappa shape index (κ1) is 16.3. The van der Waals surface area contributed by atoms with E-state index >= 15 is 0 Å². The largest absolute Gasteiger partial charge is 0.372 e. The number of rotatable bonds is 3. The van der Waals surface area contributed by atoms with Gasteiger partial charge in [-0.2, -0.15) is 10.2 Å². The molecule has 26 heavy (non-hydrogen) atoms. The molecule has 0 saturated carbocycles. The van der Waals surface area contributed by atoms with Gasteiger partial charge in [0.1, 0.15) is 5.82 Å². The second-order valence-electron chi connectivity index (χ2n) is 6.36. The highest BCUT2D eigenvalue weighted by atomic mass is 16.2. The van der Waals surface area contributed by atoms with Gasteiger partial charge in [0.2, 0.25) is 0 Å². The molecule has 1 aromatic carbocycles. The maximum atomic E-state index is 12.9. The zero-order valence-corrected chi connectivity index (χ0v) is 14.8. The van der Waals surface area contributed by atoms with E-state index in [4.69, 9.17) is 0 Å². The fourth-order valence-electron chi connectivity index (χ4n) is 3.19. The molecule has 132 valence electrons. The van der Waals surface area contributed by atoms with E-state index in [1.165, 1.54) is 0 Å². The molecule has 3 heterocycles. The number of nitrogens with zero attached hydrogens (tertiary/aromatic N) is 5. The number of hydrogen-bond acceptors (Lipinski definition) is 5. The SMILES string of the molecule is CNc1cc2c(nn1)CCN(C(=O)c1ccc(-n3nccc3C)cc1)C2. The monoisotopic (exact) mass is 348 g/mol. The summed E-state index contributed by atoms with van der Waals surface area (Å²) < 4.78 is 1.85. The van der Waals surface area contributed by atoms with Gasteiger partial charge in [-0.3, -0.25) is 4.79 Å². The van der Waals surface area contributed by atoms with E-state index in [-0.39, 0.29) is 5.91 Å². The van der Waals surface area contributed by atoms with Gasteiger partial charge in [-0.05, 0) is 48.9 Å².